The Morgan fingerprint density at radius 3 is 2.83 bits per heavy atom. The quantitative estimate of drug-likeness (QED) is 0.386. The van der Waals surface area contributed by atoms with Gasteiger partial charge >= 0.3 is 12.0 Å². The van der Waals surface area contributed by atoms with Crippen LogP contribution < -0.4 is 5.32 Å². The van der Waals surface area contributed by atoms with Crippen molar-refractivity contribution < 1.29 is 19.2 Å². The van der Waals surface area contributed by atoms with E-state index in [1.807, 2.05) is 0 Å². The highest BCUT2D eigenvalue weighted by molar-refractivity contribution is 5.95. The van der Waals surface area contributed by atoms with Crippen LogP contribution in [0.5, 0.6) is 0 Å². The number of nitro benzene ring substituents is 1. The van der Waals surface area contributed by atoms with Crippen LogP contribution in [-0.4, -0.2) is 35.5 Å². The Morgan fingerprint density at radius 1 is 1.54 bits per heavy atom. The standard InChI is InChI=1S/C16H17N3O5/c1-4-8-18-10(2)13(15(20)24-3)14(17-16(18)21)11-6-5-7-12(9-11)19(22)23/h4-7,9,14H,1,8H2,2-3H3,(H,17,21)/t14-/m1/s1. The van der Waals surface area contributed by atoms with Gasteiger partial charge in [0.25, 0.3) is 5.69 Å². The second kappa shape index (κ2) is 6.95. The molecule has 0 spiro atoms. The Labute approximate surface area is 138 Å². The van der Waals surface area contributed by atoms with Gasteiger partial charge in [0.05, 0.1) is 23.6 Å². The maximum Gasteiger partial charge on any atom is 0.337 e. The summed E-state index contributed by atoms with van der Waals surface area (Å²) in [5.41, 5.74) is 0.939. The van der Waals surface area contributed by atoms with Gasteiger partial charge < -0.3 is 10.1 Å². The van der Waals surface area contributed by atoms with Crippen LogP contribution in [0.4, 0.5) is 10.5 Å². The second-order valence-electron chi connectivity index (χ2n) is 5.12. The molecule has 24 heavy (non-hydrogen) atoms. The summed E-state index contributed by atoms with van der Waals surface area (Å²) < 4.78 is 4.82. The van der Waals surface area contributed by atoms with Crippen molar-refractivity contribution in [1.82, 2.24) is 10.2 Å². The highest BCUT2D eigenvalue weighted by Crippen LogP contribution is 2.32. The van der Waals surface area contributed by atoms with Gasteiger partial charge in [0.15, 0.2) is 0 Å². The minimum absolute atomic E-state index is 0.128. The smallest absolute Gasteiger partial charge is 0.337 e. The Kier molecular flexibility index (Phi) is 4.98. The SMILES string of the molecule is C=CCN1C(=O)N[C@H](c2cccc([N+](=O)[O-])c2)C(C(=O)OC)=C1C. The van der Waals surface area contributed by atoms with Crippen molar-refractivity contribution in [2.75, 3.05) is 13.7 Å². The van der Waals surface area contributed by atoms with E-state index in [1.165, 1.54) is 36.3 Å². The van der Waals surface area contributed by atoms with Crippen LogP contribution in [0.2, 0.25) is 0 Å². The van der Waals surface area contributed by atoms with Gasteiger partial charge in [-0.05, 0) is 12.5 Å². The number of hydrogen-bond donors (Lipinski definition) is 1. The first kappa shape index (κ1) is 17.2. The van der Waals surface area contributed by atoms with Gasteiger partial charge in [-0.2, -0.15) is 0 Å². The normalized spacial score (nSPS) is 17.3. The highest BCUT2D eigenvalue weighted by atomic mass is 16.6. The van der Waals surface area contributed by atoms with Gasteiger partial charge in [-0.1, -0.05) is 18.2 Å². The number of benzene rings is 1. The van der Waals surface area contributed by atoms with E-state index in [1.54, 1.807) is 13.0 Å². The Morgan fingerprint density at radius 2 is 2.25 bits per heavy atom. The summed E-state index contributed by atoms with van der Waals surface area (Å²) in [4.78, 5) is 36.3. The molecule has 1 heterocycles. The first-order valence-corrected chi connectivity index (χ1v) is 7.13. The summed E-state index contributed by atoms with van der Waals surface area (Å²) in [5, 5.41) is 13.7. The Hall–Kier alpha value is -3.16. The number of carbonyl (C=O) groups excluding carboxylic acids is 2. The van der Waals surface area contributed by atoms with Gasteiger partial charge in [-0.15, -0.1) is 6.58 Å². The zero-order valence-corrected chi connectivity index (χ0v) is 13.3. The van der Waals surface area contributed by atoms with E-state index in [4.69, 9.17) is 4.74 Å². The number of amides is 2. The van der Waals surface area contributed by atoms with Crippen LogP contribution >= 0.6 is 0 Å². The van der Waals surface area contributed by atoms with Gasteiger partial charge in [-0.25, -0.2) is 9.59 Å². The second-order valence-corrected chi connectivity index (χ2v) is 5.12. The number of nitro groups is 1. The molecule has 1 aliphatic heterocycles. The lowest BCUT2D eigenvalue weighted by molar-refractivity contribution is -0.384. The van der Waals surface area contributed by atoms with Crippen LogP contribution in [0.1, 0.15) is 18.5 Å². The fourth-order valence-corrected chi connectivity index (χ4v) is 2.57. The van der Waals surface area contributed by atoms with E-state index in [0.717, 1.165) is 0 Å². The summed E-state index contributed by atoms with van der Waals surface area (Å²) in [7, 11) is 1.24. The van der Waals surface area contributed by atoms with E-state index < -0.39 is 23.0 Å². The zero-order valence-electron chi connectivity index (χ0n) is 13.3. The third-order valence-corrected chi connectivity index (χ3v) is 3.73. The molecule has 2 amide bonds. The molecule has 0 radical (unpaired) electrons. The number of esters is 1. The number of urea groups is 1. The van der Waals surface area contributed by atoms with Crippen LogP contribution in [0.25, 0.3) is 0 Å². The molecular weight excluding hydrogens is 314 g/mol. The van der Waals surface area contributed by atoms with Crippen molar-refractivity contribution in [3.05, 3.63) is 63.9 Å². The highest BCUT2D eigenvalue weighted by Gasteiger charge is 2.36. The third kappa shape index (κ3) is 3.12. The van der Waals surface area contributed by atoms with Gasteiger partial charge in [0.1, 0.15) is 0 Å². The van der Waals surface area contributed by atoms with Crippen molar-refractivity contribution in [3.8, 4) is 0 Å². The lowest BCUT2D eigenvalue weighted by Crippen LogP contribution is -2.48. The van der Waals surface area contributed by atoms with Crippen LogP contribution in [0, 0.1) is 10.1 Å². The summed E-state index contributed by atoms with van der Waals surface area (Å²) >= 11 is 0. The molecule has 0 saturated carbocycles. The van der Waals surface area contributed by atoms with E-state index in [9.17, 15) is 19.7 Å². The molecule has 1 aliphatic rings. The van der Waals surface area contributed by atoms with Crippen molar-refractivity contribution in [2.45, 2.75) is 13.0 Å². The first-order chi connectivity index (χ1) is 11.4. The number of rotatable bonds is 5. The maximum atomic E-state index is 12.3. The van der Waals surface area contributed by atoms with Crippen LogP contribution in [0.15, 0.2) is 48.2 Å². The number of nitrogens with one attached hydrogen (secondary N) is 1. The molecule has 1 N–H and O–H groups in total. The number of carbonyl (C=O) groups is 2. The number of nitrogens with zero attached hydrogens (tertiary/aromatic N) is 2. The molecule has 2 rings (SSSR count). The van der Waals surface area contributed by atoms with Crippen molar-refractivity contribution >= 4 is 17.7 Å². The van der Waals surface area contributed by atoms with Crippen molar-refractivity contribution in [2.24, 2.45) is 0 Å². The molecule has 8 heteroatoms. The summed E-state index contributed by atoms with van der Waals surface area (Å²) in [5.74, 6) is -0.613. The van der Waals surface area contributed by atoms with E-state index in [0.29, 0.717) is 11.3 Å². The molecule has 0 unspecified atom stereocenters. The monoisotopic (exact) mass is 331 g/mol. The molecular formula is C16H17N3O5. The third-order valence-electron chi connectivity index (χ3n) is 3.73. The number of ether oxygens (including phenoxy) is 1. The van der Waals surface area contributed by atoms with Crippen LogP contribution in [-0.2, 0) is 9.53 Å². The number of hydrogen-bond acceptors (Lipinski definition) is 5. The minimum Gasteiger partial charge on any atom is -0.466 e. The zero-order chi connectivity index (χ0) is 17.9. The number of methoxy groups -OCH3 is 1. The average molecular weight is 331 g/mol. The topological polar surface area (TPSA) is 102 Å². The predicted molar refractivity (Wildman–Crippen MR) is 86.0 cm³/mol. The summed E-state index contributed by atoms with van der Waals surface area (Å²) in [6, 6.07) is 4.52. The van der Waals surface area contributed by atoms with Gasteiger partial charge in [0.2, 0.25) is 0 Å². The van der Waals surface area contributed by atoms with E-state index in [2.05, 4.69) is 11.9 Å². The molecule has 0 aromatic heterocycles. The molecule has 0 fully saturated rings. The molecule has 1 aromatic carbocycles. The molecule has 1 aromatic rings. The number of non-ortho nitro benzene ring substituents is 1. The van der Waals surface area contributed by atoms with Crippen molar-refractivity contribution in [3.63, 3.8) is 0 Å². The Bertz CT molecular complexity index is 741. The predicted octanol–water partition coefficient (Wildman–Crippen LogP) is 2.29. The average Bonchev–Trinajstić information content (AvgIpc) is 2.57. The van der Waals surface area contributed by atoms with Crippen LogP contribution in [0.3, 0.4) is 0 Å². The molecule has 1 atom stereocenters. The molecule has 126 valence electrons. The minimum atomic E-state index is -0.828. The van der Waals surface area contributed by atoms with Gasteiger partial charge in [-0.3, -0.25) is 15.0 Å². The maximum absolute atomic E-state index is 12.3. The number of allylic oxidation sites excluding steroid dienone is 1. The summed E-state index contributed by atoms with van der Waals surface area (Å²) in [6.45, 7) is 5.43. The van der Waals surface area contributed by atoms with E-state index in [-0.39, 0.29) is 17.8 Å². The lowest BCUT2D eigenvalue weighted by Gasteiger charge is -2.34. The largest absolute Gasteiger partial charge is 0.466 e. The fraction of sp³-hybridized carbons (Fsp3) is 0.250. The molecule has 0 bridgehead atoms. The fourth-order valence-electron chi connectivity index (χ4n) is 2.57. The molecule has 0 aliphatic carbocycles. The lowest BCUT2D eigenvalue weighted by atomic mass is 9.94. The van der Waals surface area contributed by atoms with Gasteiger partial charge in [0, 0.05) is 24.4 Å². The molecule has 8 nitrogen and oxygen atoms in total. The van der Waals surface area contributed by atoms with E-state index >= 15 is 0 Å². The Balaban J connectivity index is 2.57. The summed E-state index contributed by atoms with van der Waals surface area (Å²) in [6.07, 6.45) is 1.53. The van der Waals surface area contributed by atoms with Crippen molar-refractivity contribution in [1.29, 1.82) is 0 Å². The molecule has 0 saturated heterocycles. The first-order valence-electron chi connectivity index (χ1n) is 7.13.